The normalized spacial score (nSPS) is 10.6. The van der Waals surface area contributed by atoms with Gasteiger partial charge in [-0.3, -0.25) is 4.79 Å². The van der Waals surface area contributed by atoms with Crippen molar-refractivity contribution in [1.29, 1.82) is 0 Å². The van der Waals surface area contributed by atoms with E-state index in [0.29, 0.717) is 29.6 Å². The second-order valence-corrected chi connectivity index (χ2v) is 7.05. The van der Waals surface area contributed by atoms with Crippen molar-refractivity contribution in [3.8, 4) is 16.5 Å². The van der Waals surface area contributed by atoms with Crippen molar-refractivity contribution in [2.24, 2.45) is 0 Å². The average Bonchev–Trinajstić information content (AvgIpc) is 3.43. The molecule has 0 saturated heterocycles. The number of thiophene rings is 1. The quantitative estimate of drug-likeness (QED) is 0.494. The maximum Gasteiger partial charge on any atom is 0.338 e. The molecule has 1 aromatic carbocycles. The molecular formula is C20H21N3O5S. The summed E-state index contributed by atoms with van der Waals surface area (Å²) in [5, 5.41) is 9.95. The third-order valence-corrected chi connectivity index (χ3v) is 4.88. The van der Waals surface area contributed by atoms with E-state index in [4.69, 9.17) is 13.9 Å². The molecule has 0 radical (unpaired) electrons. The highest BCUT2D eigenvalue weighted by atomic mass is 32.1. The second-order valence-electron chi connectivity index (χ2n) is 6.10. The number of nitrogens with zero attached hydrogens (tertiary/aromatic N) is 3. The van der Waals surface area contributed by atoms with E-state index in [1.54, 1.807) is 31.4 Å². The minimum atomic E-state index is -0.574. The molecule has 2 aromatic heterocycles. The smallest absolute Gasteiger partial charge is 0.338 e. The molecule has 0 N–H and O–H groups in total. The first-order valence-electron chi connectivity index (χ1n) is 9.06. The van der Waals surface area contributed by atoms with E-state index in [0.717, 1.165) is 11.3 Å². The van der Waals surface area contributed by atoms with E-state index < -0.39 is 5.97 Å². The molecule has 0 fully saturated rings. The first kappa shape index (κ1) is 20.5. The van der Waals surface area contributed by atoms with E-state index >= 15 is 0 Å². The minimum Gasteiger partial charge on any atom is -0.497 e. The molecule has 2 heterocycles. The van der Waals surface area contributed by atoms with Gasteiger partial charge in [-0.1, -0.05) is 13.0 Å². The van der Waals surface area contributed by atoms with Crippen LogP contribution < -0.4 is 4.74 Å². The van der Waals surface area contributed by atoms with Crippen LogP contribution in [0, 0.1) is 0 Å². The third-order valence-electron chi connectivity index (χ3n) is 4.02. The molecule has 3 aromatic rings. The number of amides is 1. The Morgan fingerprint density at radius 3 is 2.62 bits per heavy atom. The third kappa shape index (κ3) is 5.41. The van der Waals surface area contributed by atoms with E-state index in [9.17, 15) is 9.59 Å². The van der Waals surface area contributed by atoms with Crippen LogP contribution in [0.2, 0.25) is 0 Å². The van der Waals surface area contributed by atoms with Gasteiger partial charge in [-0.15, -0.1) is 21.5 Å². The highest BCUT2D eigenvalue weighted by Crippen LogP contribution is 2.23. The lowest BCUT2D eigenvalue weighted by Gasteiger charge is -2.20. The fourth-order valence-corrected chi connectivity index (χ4v) is 3.22. The van der Waals surface area contributed by atoms with Crippen molar-refractivity contribution in [2.75, 3.05) is 20.3 Å². The number of methoxy groups -OCH3 is 1. The topological polar surface area (TPSA) is 94.8 Å². The van der Waals surface area contributed by atoms with Gasteiger partial charge in [-0.05, 0) is 42.1 Å². The van der Waals surface area contributed by atoms with Gasteiger partial charge in [-0.2, -0.15) is 0 Å². The zero-order chi connectivity index (χ0) is 20.6. The number of hydrogen-bond acceptors (Lipinski definition) is 8. The van der Waals surface area contributed by atoms with Crippen molar-refractivity contribution in [3.63, 3.8) is 0 Å². The molecule has 0 spiro atoms. The van der Waals surface area contributed by atoms with Crippen molar-refractivity contribution < 1.29 is 23.5 Å². The molecule has 0 bridgehead atoms. The molecule has 8 nitrogen and oxygen atoms in total. The predicted molar refractivity (Wildman–Crippen MR) is 107 cm³/mol. The van der Waals surface area contributed by atoms with E-state index in [1.165, 1.54) is 16.2 Å². The van der Waals surface area contributed by atoms with Gasteiger partial charge in [0.1, 0.15) is 5.75 Å². The number of benzene rings is 1. The van der Waals surface area contributed by atoms with Crippen LogP contribution >= 0.6 is 11.3 Å². The lowest BCUT2D eigenvalue weighted by atomic mass is 10.2. The number of esters is 1. The zero-order valence-electron chi connectivity index (χ0n) is 16.2. The van der Waals surface area contributed by atoms with Gasteiger partial charge in [0.15, 0.2) is 6.61 Å². The number of carbonyl (C=O) groups is 2. The van der Waals surface area contributed by atoms with Gasteiger partial charge in [-0.25, -0.2) is 4.79 Å². The Balaban J connectivity index is 1.58. The summed E-state index contributed by atoms with van der Waals surface area (Å²) in [7, 11) is 1.54. The Morgan fingerprint density at radius 2 is 1.97 bits per heavy atom. The Kier molecular flexibility index (Phi) is 6.96. The summed E-state index contributed by atoms with van der Waals surface area (Å²) in [6.45, 7) is 2.23. The molecule has 0 unspecified atom stereocenters. The van der Waals surface area contributed by atoms with Crippen molar-refractivity contribution in [1.82, 2.24) is 15.1 Å². The van der Waals surface area contributed by atoms with E-state index in [2.05, 4.69) is 10.2 Å². The fraction of sp³-hybridized carbons (Fsp3) is 0.300. The largest absolute Gasteiger partial charge is 0.497 e. The molecular weight excluding hydrogens is 394 g/mol. The van der Waals surface area contributed by atoms with Gasteiger partial charge >= 0.3 is 5.97 Å². The Morgan fingerprint density at radius 1 is 1.17 bits per heavy atom. The lowest BCUT2D eigenvalue weighted by molar-refractivity contribution is -0.135. The number of aromatic nitrogens is 2. The molecule has 0 saturated carbocycles. The summed E-state index contributed by atoms with van der Waals surface area (Å²) in [6, 6.07) is 10.3. The zero-order valence-corrected chi connectivity index (χ0v) is 17.0. The molecule has 29 heavy (non-hydrogen) atoms. The lowest BCUT2D eigenvalue weighted by Crippen LogP contribution is -2.35. The average molecular weight is 415 g/mol. The molecule has 0 aliphatic rings. The molecule has 0 aliphatic carbocycles. The first-order chi connectivity index (χ1) is 14.1. The highest BCUT2D eigenvalue weighted by Gasteiger charge is 2.19. The van der Waals surface area contributed by atoms with Crippen LogP contribution in [0.15, 0.2) is 46.2 Å². The van der Waals surface area contributed by atoms with Crippen molar-refractivity contribution >= 4 is 23.2 Å². The van der Waals surface area contributed by atoms with Crippen molar-refractivity contribution in [3.05, 3.63) is 53.2 Å². The summed E-state index contributed by atoms with van der Waals surface area (Å²) in [5.74, 6) is 0.481. The maximum atomic E-state index is 12.6. The number of carbonyl (C=O) groups excluding carboxylic acids is 2. The van der Waals surface area contributed by atoms with Crippen LogP contribution in [-0.2, 0) is 16.1 Å². The van der Waals surface area contributed by atoms with Gasteiger partial charge in [0.25, 0.3) is 11.8 Å². The summed E-state index contributed by atoms with van der Waals surface area (Å²) < 4.78 is 15.9. The summed E-state index contributed by atoms with van der Waals surface area (Å²) in [5.41, 5.74) is 0.345. The molecule has 152 valence electrons. The number of ether oxygens (including phenoxy) is 2. The Labute approximate surface area is 172 Å². The van der Waals surface area contributed by atoms with Gasteiger partial charge < -0.3 is 18.8 Å². The standard InChI is InChI=1S/C20H21N3O5S/c1-3-10-23(12-17-21-22-19(28-17)16-5-4-11-29-16)18(24)13-27-20(25)14-6-8-15(26-2)9-7-14/h4-9,11H,3,10,12-13H2,1-2H3. The molecule has 1 amide bonds. The second kappa shape index (κ2) is 9.83. The van der Waals surface area contributed by atoms with Gasteiger partial charge in [0, 0.05) is 6.54 Å². The number of rotatable bonds is 9. The van der Waals surface area contributed by atoms with Gasteiger partial charge in [0.05, 0.1) is 24.1 Å². The van der Waals surface area contributed by atoms with Crippen LogP contribution in [0.4, 0.5) is 0 Å². The van der Waals surface area contributed by atoms with Crippen LogP contribution in [0.5, 0.6) is 5.75 Å². The molecule has 0 aliphatic heterocycles. The van der Waals surface area contributed by atoms with E-state index in [1.807, 2.05) is 24.4 Å². The molecule has 3 rings (SSSR count). The summed E-state index contributed by atoms with van der Waals surface area (Å²) >= 11 is 1.49. The van der Waals surface area contributed by atoms with Crippen LogP contribution in [0.1, 0.15) is 29.6 Å². The van der Waals surface area contributed by atoms with Crippen LogP contribution in [-0.4, -0.2) is 47.2 Å². The Hall–Kier alpha value is -3.20. The van der Waals surface area contributed by atoms with E-state index in [-0.39, 0.29) is 19.1 Å². The SMILES string of the molecule is CCCN(Cc1nnc(-c2cccs2)o1)C(=O)COC(=O)c1ccc(OC)cc1. The fourth-order valence-electron chi connectivity index (χ4n) is 2.57. The number of hydrogen-bond donors (Lipinski definition) is 0. The highest BCUT2D eigenvalue weighted by molar-refractivity contribution is 7.13. The summed E-state index contributed by atoms with van der Waals surface area (Å²) in [4.78, 5) is 27.1. The predicted octanol–water partition coefficient (Wildman–Crippen LogP) is 3.40. The molecule has 9 heteroatoms. The molecule has 0 atom stereocenters. The summed E-state index contributed by atoms with van der Waals surface area (Å²) in [6.07, 6.45) is 0.740. The monoisotopic (exact) mass is 415 g/mol. The maximum absolute atomic E-state index is 12.6. The Bertz CT molecular complexity index is 937. The van der Waals surface area contributed by atoms with Crippen molar-refractivity contribution in [2.45, 2.75) is 19.9 Å². The van der Waals surface area contributed by atoms with Gasteiger partial charge in [0.2, 0.25) is 5.89 Å². The first-order valence-corrected chi connectivity index (χ1v) is 9.94. The van der Waals surface area contributed by atoms with Crippen LogP contribution in [0.25, 0.3) is 10.8 Å². The van der Waals surface area contributed by atoms with Crippen LogP contribution in [0.3, 0.4) is 0 Å². The minimum absolute atomic E-state index is 0.158.